The molecule has 1 N–H and O–H groups in total. The van der Waals surface area contributed by atoms with Crippen molar-refractivity contribution in [1.82, 2.24) is 20.2 Å². The first-order valence-electron chi connectivity index (χ1n) is 8.76. The molecule has 1 aromatic heterocycles. The molecule has 1 amide bonds. The number of ether oxygens (including phenoxy) is 1. The van der Waals surface area contributed by atoms with Crippen molar-refractivity contribution in [3.63, 3.8) is 0 Å². The first-order valence-corrected chi connectivity index (χ1v) is 8.76. The zero-order valence-corrected chi connectivity index (χ0v) is 14.4. The molecule has 130 valence electrons. The summed E-state index contributed by atoms with van der Waals surface area (Å²) in [7, 11) is 1.61. The van der Waals surface area contributed by atoms with Gasteiger partial charge in [-0.15, -0.1) is 0 Å². The normalized spacial score (nSPS) is 19.6. The number of nitrogens with zero attached hydrogens (tertiary/aromatic N) is 3. The molecule has 0 spiro atoms. The molecular weight excluding hydrogens is 316 g/mol. The van der Waals surface area contributed by atoms with Gasteiger partial charge >= 0.3 is 0 Å². The number of nitrogens with one attached hydrogen (secondary N) is 1. The van der Waals surface area contributed by atoms with Gasteiger partial charge in [0.1, 0.15) is 11.6 Å². The average molecular weight is 338 g/mol. The zero-order valence-electron chi connectivity index (χ0n) is 14.4. The Morgan fingerprint density at radius 1 is 1.40 bits per heavy atom. The van der Waals surface area contributed by atoms with E-state index in [-0.39, 0.29) is 11.9 Å². The van der Waals surface area contributed by atoms with Gasteiger partial charge in [-0.25, -0.2) is 9.97 Å². The van der Waals surface area contributed by atoms with Crippen molar-refractivity contribution in [2.45, 2.75) is 31.8 Å². The number of methoxy groups -OCH3 is 1. The van der Waals surface area contributed by atoms with Gasteiger partial charge in [0.2, 0.25) is 0 Å². The van der Waals surface area contributed by atoms with Crippen molar-refractivity contribution in [1.29, 1.82) is 0 Å². The maximum atomic E-state index is 12.8. The van der Waals surface area contributed by atoms with E-state index in [0.717, 1.165) is 36.5 Å². The van der Waals surface area contributed by atoms with Gasteiger partial charge in [-0.1, -0.05) is 6.07 Å². The first-order chi connectivity index (χ1) is 12.2. The smallest absolute Gasteiger partial charge is 0.254 e. The van der Waals surface area contributed by atoms with Crippen molar-refractivity contribution < 1.29 is 9.53 Å². The molecule has 6 heteroatoms. The number of fused-ring (bicyclic) bond motifs is 1. The summed E-state index contributed by atoms with van der Waals surface area (Å²) in [6.07, 6.45) is 4.93. The fraction of sp³-hybridized carbons (Fsp3) is 0.421. The van der Waals surface area contributed by atoms with Crippen LogP contribution in [0, 0.1) is 0 Å². The van der Waals surface area contributed by atoms with Gasteiger partial charge in [-0.3, -0.25) is 4.79 Å². The highest BCUT2D eigenvalue weighted by molar-refractivity contribution is 5.94. The molecular formula is C19H22N4O2. The Kier molecular flexibility index (Phi) is 4.36. The van der Waals surface area contributed by atoms with Gasteiger partial charge in [0.05, 0.1) is 18.8 Å². The van der Waals surface area contributed by atoms with Gasteiger partial charge in [-0.2, -0.15) is 0 Å². The van der Waals surface area contributed by atoms with E-state index < -0.39 is 0 Å². The molecule has 0 saturated carbocycles. The van der Waals surface area contributed by atoms with Gasteiger partial charge < -0.3 is 15.0 Å². The molecule has 0 bridgehead atoms. The molecule has 1 fully saturated rings. The summed E-state index contributed by atoms with van der Waals surface area (Å²) in [5.74, 6) is 1.61. The zero-order chi connectivity index (χ0) is 17.2. The van der Waals surface area contributed by atoms with Crippen LogP contribution in [-0.2, 0) is 13.0 Å². The lowest BCUT2D eigenvalue weighted by molar-refractivity contribution is 0.0732. The fourth-order valence-electron chi connectivity index (χ4n) is 3.52. The Labute approximate surface area is 147 Å². The minimum atomic E-state index is 0.0195. The number of aromatic nitrogens is 2. The summed E-state index contributed by atoms with van der Waals surface area (Å²) in [5.41, 5.74) is 2.77. The van der Waals surface area contributed by atoms with Crippen LogP contribution in [0.2, 0.25) is 0 Å². The lowest BCUT2D eigenvalue weighted by Crippen LogP contribution is -2.36. The highest BCUT2D eigenvalue weighted by atomic mass is 16.5. The van der Waals surface area contributed by atoms with Crippen LogP contribution in [0.4, 0.5) is 0 Å². The second kappa shape index (κ2) is 6.80. The maximum Gasteiger partial charge on any atom is 0.254 e. The van der Waals surface area contributed by atoms with Crippen LogP contribution in [-0.4, -0.2) is 41.0 Å². The number of carbonyl (C=O) groups excluding carboxylic acids is 1. The van der Waals surface area contributed by atoms with Crippen LogP contribution in [0.25, 0.3) is 0 Å². The number of rotatable bonds is 3. The van der Waals surface area contributed by atoms with Crippen LogP contribution in [0.15, 0.2) is 30.5 Å². The third-order valence-electron chi connectivity index (χ3n) is 4.93. The molecule has 6 nitrogen and oxygen atoms in total. The van der Waals surface area contributed by atoms with E-state index in [4.69, 9.17) is 9.72 Å². The van der Waals surface area contributed by atoms with Crippen LogP contribution >= 0.6 is 0 Å². The van der Waals surface area contributed by atoms with Crippen molar-refractivity contribution in [2.75, 3.05) is 20.2 Å². The largest absolute Gasteiger partial charge is 0.497 e. The number of amides is 1. The molecule has 2 aromatic rings. The third kappa shape index (κ3) is 3.22. The highest BCUT2D eigenvalue weighted by Gasteiger charge is 2.25. The SMILES string of the molecule is COc1cccc(C(=O)N2CCc3nc([C@@H]4CCCN4)ncc3C2)c1. The van der Waals surface area contributed by atoms with E-state index in [9.17, 15) is 4.79 Å². The topological polar surface area (TPSA) is 67.3 Å². The van der Waals surface area contributed by atoms with E-state index in [1.807, 2.05) is 29.3 Å². The fourth-order valence-corrected chi connectivity index (χ4v) is 3.52. The van der Waals surface area contributed by atoms with E-state index in [2.05, 4.69) is 10.3 Å². The molecule has 3 heterocycles. The van der Waals surface area contributed by atoms with E-state index >= 15 is 0 Å². The minimum Gasteiger partial charge on any atom is -0.497 e. The van der Waals surface area contributed by atoms with E-state index in [1.165, 1.54) is 6.42 Å². The van der Waals surface area contributed by atoms with E-state index in [1.54, 1.807) is 13.2 Å². The Morgan fingerprint density at radius 2 is 2.32 bits per heavy atom. The first kappa shape index (κ1) is 16.0. The third-order valence-corrected chi connectivity index (χ3v) is 4.93. The molecule has 2 aliphatic heterocycles. The maximum absolute atomic E-state index is 12.8. The lowest BCUT2D eigenvalue weighted by Gasteiger charge is -2.28. The average Bonchev–Trinajstić information content (AvgIpc) is 3.21. The molecule has 4 rings (SSSR count). The Balaban J connectivity index is 1.51. The van der Waals surface area contributed by atoms with Crippen molar-refractivity contribution in [3.05, 3.63) is 53.1 Å². The molecule has 1 aromatic carbocycles. The second-order valence-electron chi connectivity index (χ2n) is 6.56. The van der Waals surface area contributed by atoms with Gasteiger partial charge in [0, 0.05) is 36.8 Å². The summed E-state index contributed by atoms with van der Waals surface area (Å²) in [6.45, 7) is 2.27. The minimum absolute atomic E-state index is 0.0195. The van der Waals surface area contributed by atoms with Crippen molar-refractivity contribution in [2.24, 2.45) is 0 Å². The quantitative estimate of drug-likeness (QED) is 0.928. The summed E-state index contributed by atoms with van der Waals surface area (Å²) >= 11 is 0. The predicted octanol–water partition coefficient (Wildman–Crippen LogP) is 2.11. The number of benzene rings is 1. The molecule has 0 radical (unpaired) electrons. The monoisotopic (exact) mass is 338 g/mol. The molecule has 1 saturated heterocycles. The standard InChI is InChI=1S/C19H22N4O2/c1-25-15-5-2-4-13(10-15)19(24)23-9-7-16-14(12-23)11-21-18(22-16)17-6-3-8-20-17/h2,4-5,10-11,17,20H,3,6-9,12H2,1H3/t17-/m0/s1. The van der Waals surface area contributed by atoms with Gasteiger partial charge in [0.15, 0.2) is 0 Å². The van der Waals surface area contributed by atoms with Crippen molar-refractivity contribution >= 4 is 5.91 Å². The molecule has 1 atom stereocenters. The molecule has 0 aliphatic carbocycles. The molecule has 0 unspecified atom stereocenters. The number of hydrogen-bond acceptors (Lipinski definition) is 5. The number of hydrogen-bond donors (Lipinski definition) is 1. The second-order valence-corrected chi connectivity index (χ2v) is 6.56. The predicted molar refractivity (Wildman–Crippen MR) is 93.4 cm³/mol. The van der Waals surface area contributed by atoms with Crippen LogP contribution < -0.4 is 10.1 Å². The molecule has 25 heavy (non-hydrogen) atoms. The summed E-state index contributed by atoms with van der Waals surface area (Å²) in [5, 5.41) is 3.44. The van der Waals surface area contributed by atoms with E-state index in [0.29, 0.717) is 24.4 Å². The van der Waals surface area contributed by atoms with Crippen molar-refractivity contribution in [3.8, 4) is 5.75 Å². The Morgan fingerprint density at radius 3 is 3.12 bits per heavy atom. The van der Waals surface area contributed by atoms with Crippen LogP contribution in [0.5, 0.6) is 5.75 Å². The van der Waals surface area contributed by atoms with Crippen LogP contribution in [0.1, 0.15) is 46.3 Å². The van der Waals surface area contributed by atoms with Gasteiger partial charge in [-0.05, 0) is 37.6 Å². The highest BCUT2D eigenvalue weighted by Crippen LogP contribution is 2.24. The lowest BCUT2D eigenvalue weighted by atomic mass is 10.1. The summed E-state index contributed by atoms with van der Waals surface area (Å²) in [6, 6.07) is 7.57. The molecule has 2 aliphatic rings. The summed E-state index contributed by atoms with van der Waals surface area (Å²) < 4.78 is 5.21. The Bertz CT molecular complexity index is 787. The Hall–Kier alpha value is -2.47. The van der Waals surface area contributed by atoms with Crippen LogP contribution in [0.3, 0.4) is 0 Å². The number of carbonyl (C=O) groups is 1. The van der Waals surface area contributed by atoms with Gasteiger partial charge in [0.25, 0.3) is 5.91 Å². The summed E-state index contributed by atoms with van der Waals surface area (Å²) in [4.78, 5) is 23.9.